The first kappa shape index (κ1) is 11.1. The molecule has 0 N–H and O–H groups in total. The van der Waals surface area contributed by atoms with Crippen molar-refractivity contribution in [1.29, 1.82) is 0 Å². The van der Waals surface area contributed by atoms with Crippen LogP contribution in [0.5, 0.6) is 0 Å². The molecule has 3 nitrogen and oxygen atoms in total. The van der Waals surface area contributed by atoms with E-state index in [1.165, 1.54) is 5.39 Å². The lowest BCUT2D eigenvalue weighted by Crippen LogP contribution is -1.90. The second-order valence-electron chi connectivity index (χ2n) is 4.62. The van der Waals surface area contributed by atoms with Crippen LogP contribution in [0.15, 0.2) is 67.1 Å². The van der Waals surface area contributed by atoms with E-state index in [0.717, 1.165) is 27.7 Å². The van der Waals surface area contributed by atoms with Gasteiger partial charge in [0.1, 0.15) is 0 Å². The maximum Gasteiger partial charge on any atom is 0.159 e. The van der Waals surface area contributed by atoms with E-state index in [1.807, 2.05) is 42.6 Å². The van der Waals surface area contributed by atoms with Gasteiger partial charge in [0.05, 0.1) is 5.52 Å². The summed E-state index contributed by atoms with van der Waals surface area (Å²) in [5, 5.41) is 3.42. The molecule has 3 heteroatoms. The minimum atomic E-state index is 0.733. The largest absolute Gasteiger partial charge is 0.256 e. The number of fused-ring (bicyclic) bond motifs is 3. The molecule has 94 valence electrons. The molecule has 0 aliphatic heterocycles. The summed E-state index contributed by atoms with van der Waals surface area (Å²) in [5.74, 6) is 0.733. The van der Waals surface area contributed by atoms with Crippen LogP contribution in [-0.2, 0) is 0 Å². The smallest absolute Gasteiger partial charge is 0.159 e. The third kappa shape index (κ3) is 1.64. The standard InChI is InChI=1S/C17H11N3/c1-2-6-13-12(5-1)11-20-15-8-3-7-14(16(13)15)17-18-9-4-10-19-17/h1-11H. The molecule has 0 aliphatic carbocycles. The lowest BCUT2D eigenvalue weighted by Gasteiger charge is -2.08. The van der Waals surface area contributed by atoms with Crippen LogP contribution in [-0.4, -0.2) is 15.0 Å². The third-order valence-electron chi connectivity index (χ3n) is 3.42. The molecule has 0 aliphatic rings. The van der Waals surface area contributed by atoms with Gasteiger partial charge in [0.25, 0.3) is 0 Å². The third-order valence-corrected chi connectivity index (χ3v) is 3.42. The van der Waals surface area contributed by atoms with Crippen molar-refractivity contribution in [2.75, 3.05) is 0 Å². The molecule has 0 bridgehead atoms. The number of hydrogen-bond donors (Lipinski definition) is 0. The van der Waals surface area contributed by atoms with Crippen molar-refractivity contribution in [3.05, 3.63) is 67.1 Å². The maximum absolute atomic E-state index is 4.54. The predicted octanol–water partition coefficient (Wildman–Crippen LogP) is 3.85. The summed E-state index contributed by atoms with van der Waals surface area (Å²) in [7, 11) is 0. The predicted molar refractivity (Wildman–Crippen MR) is 80.3 cm³/mol. The summed E-state index contributed by atoms with van der Waals surface area (Å²) < 4.78 is 0. The highest BCUT2D eigenvalue weighted by Gasteiger charge is 2.09. The minimum absolute atomic E-state index is 0.733. The Morgan fingerprint density at radius 3 is 2.45 bits per heavy atom. The van der Waals surface area contributed by atoms with Crippen molar-refractivity contribution in [2.45, 2.75) is 0 Å². The molecule has 4 aromatic rings. The molecule has 2 heterocycles. The van der Waals surface area contributed by atoms with Gasteiger partial charge in [-0.25, -0.2) is 9.97 Å². The average Bonchev–Trinajstić information content (AvgIpc) is 2.55. The van der Waals surface area contributed by atoms with E-state index in [4.69, 9.17) is 0 Å². The van der Waals surface area contributed by atoms with Gasteiger partial charge in [-0.1, -0.05) is 36.4 Å². The molecule has 0 fully saturated rings. The average molecular weight is 257 g/mol. The minimum Gasteiger partial charge on any atom is -0.256 e. The fourth-order valence-electron chi connectivity index (χ4n) is 2.53. The Morgan fingerprint density at radius 2 is 1.55 bits per heavy atom. The van der Waals surface area contributed by atoms with E-state index in [0.29, 0.717) is 0 Å². The number of pyridine rings is 1. The zero-order chi connectivity index (χ0) is 13.4. The van der Waals surface area contributed by atoms with Gasteiger partial charge >= 0.3 is 0 Å². The van der Waals surface area contributed by atoms with Crippen LogP contribution in [0.2, 0.25) is 0 Å². The summed E-state index contributed by atoms with van der Waals surface area (Å²) in [6.45, 7) is 0. The fraction of sp³-hybridized carbons (Fsp3) is 0. The molecule has 0 saturated heterocycles. The van der Waals surface area contributed by atoms with E-state index in [-0.39, 0.29) is 0 Å². The van der Waals surface area contributed by atoms with E-state index >= 15 is 0 Å². The zero-order valence-corrected chi connectivity index (χ0v) is 10.7. The van der Waals surface area contributed by atoms with Gasteiger partial charge in [-0.3, -0.25) is 4.98 Å². The highest BCUT2D eigenvalue weighted by Crippen LogP contribution is 2.31. The van der Waals surface area contributed by atoms with Crippen molar-refractivity contribution in [3.63, 3.8) is 0 Å². The Kier molecular flexibility index (Phi) is 2.42. The Morgan fingerprint density at radius 1 is 0.700 bits per heavy atom. The monoisotopic (exact) mass is 257 g/mol. The van der Waals surface area contributed by atoms with Crippen molar-refractivity contribution < 1.29 is 0 Å². The summed E-state index contributed by atoms with van der Waals surface area (Å²) in [6.07, 6.45) is 5.44. The number of aromatic nitrogens is 3. The summed E-state index contributed by atoms with van der Waals surface area (Å²) >= 11 is 0. The van der Waals surface area contributed by atoms with Gasteiger partial charge in [-0.05, 0) is 17.5 Å². The van der Waals surface area contributed by atoms with E-state index in [9.17, 15) is 0 Å². The molecule has 20 heavy (non-hydrogen) atoms. The van der Waals surface area contributed by atoms with Crippen LogP contribution in [0.1, 0.15) is 0 Å². The van der Waals surface area contributed by atoms with Crippen LogP contribution in [0.4, 0.5) is 0 Å². The van der Waals surface area contributed by atoms with E-state index in [1.54, 1.807) is 12.4 Å². The number of nitrogens with zero attached hydrogens (tertiary/aromatic N) is 3. The Hall–Kier alpha value is -2.81. The van der Waals surface area contributed by atoms with Crippen molar-refractivity contribution in [3.8, 4) is 11.4 Å². The summed E-state index contributed by atoms with van der Waals surface area (Å²) in [4.78, 5) is 13.3. The van der Waals surface area contributed by atoms with Crippen LogP contribution in [0.3, 0.4) is 0 Å². The molecule has 0 radical (unpaired) electrons. The molecule has 0 amide bonds. The number of rotatable bonds is 1. The second-order valence-corrected chi connectivity index (χ2v) is 4.62. The highest BCUT2D eigenvalue weighted by molar-refractivity contribution is 6.11. The first-order valence-corrected chi connectivity index (χ1v) is 6.47. The molecule has 4 rings (SSSR count). The fourth-order valence-corrected chi connectivity index (χ4v) is 2.53. The highest BCUT2D eigenvalue weighted by atomic mass is 14.9. The molecule has 2 aromatic carbocycles. The lowest BCUT2D eigenvalue weighted by atomic mass is 10.0. The van der Waals surface area contributed by atoms with Gasteiger partial charge in [0, 0.05) is 34.9 Å². The first-order chi connectivity index (χ1) is 9.93. The first-order valence-electron chi connectivity index (χ1n) is 6.47. The molecule has 0 unspecified atom stereocenters. The van der Waals surface area contributed by atoms with E-state index < -0.39 is 0 Å². The van der Waals surface area contributed by atoms with E-state index in [2.05, 4.69) is 27.1 Å². The SMILES string of the molecule is c1cnc(-c2cccc3ncc4ccccc4c23)nc1. The Balaban J connectivity index is 2.19. The summed E-state index contributed by atoms with van der Waals surface area (Å²) in [6, 6.07) is 16.2. The molecule has 0 atom stereocenters. The number of hydrogen-bond acceptors (Lipinski definition) is 3. The second kappa shape index (κ2) is 4.38. The van der Waals surface area contributed by atoms with Crippen LogP contribution < -0.4 is 0 Å². The van der Waals surface area contributed by atoms with Crippen LogP contribution in [0.25, 0.3) is 33.1 Å². The summed E-state index contributed by atoms with van der Waals surface area (Å²) in [5.41, 5.74) is 1.99. The van der Waals surface area contributed by atoms with Crippen LogP contribution in [0, 0.1) is 0 Å². The molecular weight excluding hydrogens is 246 g/mol. The Labute approximate surface area is 116 Å². The number of benzene rings is 2. The van der Waals surface area contributed by atoms with Crippen molar-refractivity contribution in [2.24, 2.45) is 0 Å². The van der Waals surface area contributed by atoms with Gasteiger partial charge in [0.15, 0.2) is 5.82 Å². The normalized spacial score (nSPS) is 11.0. The van der Waals surface area contributed by atoms with Crippen molar-refractivity contribution in [1.82, 2.24) is 15.0 Å². The topological polar surface area (TPSA) is 38.7 Å². The van der Waals surface area contributed by atoms with Crippen LogP contribution >= 0.6 is 0 Å². The van der Waals surface area contributed by atoms with Gasteiger partial charge in [-0.15, -0.1) is 0 Å². The molecular formula is C17H11N3. The van der Waals surface area contributed by atoms with Gasteiger partial charge in [-0.2, -0.15) is 0 Å². The lowest BCUT2D eigenvalue weighted by molar-refractivity contribution is 1.18. The maximum atomic E-state index is 4.54. The molecule has 2 aromatic heterocycles. The Bertz CT molecular complexity index is 901. The molecule has 0 spiro atoms. The van der Waals surface area contributed by atoms with Gasteiger partial charge < -0.3 is 0 Å². The van der Waals surface area contributed by atoms with Crippen molar-refractivity contribution >= 4 is 21.7 Å². The quantitative estimate of drug-likeness (QED) is 0.486. The van der Waals surface area contributed by atoms with Gasteiger partial charge in [0.2, 0.25) is 0 Å². The molecule has 0 saturated carbocycles. The zero-order valence-electron chi connectivity index (χ0n) is 10.7.